The summed E-state index contributed by atoms with van der Waals surface area (Å²) in [4.78, 5) is 7.52. The molecule has 0 unspecified atom stereocenters. The smallest absolute Gasteiger partial charge is 0.125 e. The van der Waals surface area contributed by atoms with Gasteiger partial charge < -0.3 is 0 Å². The molecule has 0 fully saturated rings. The average Bonchev–Trinajstić information content (AvgIpc) is 2.81. The summed E-state index contributed by atoms with van der Waals surface area (Å²) in [6.45, 7) is 6.57. The first-order chi connectivity index (χ1) is 8.16. The third kappa shape index (κ3) is 1.70. The number of para-hydroxylation sites is 1. The van der Waals surface area contributed by atoms with Crippen LogP contribution >= 0.6 is 22.7 Å². The van der Waals surface area contributed by atoms with Crippen molar-refractivity contribution in [1.29, 1.82) is 0 Å². The summed E-state index contributed by atoms with van der Waals surface area (Å²) in [7, 11) is 0. The van der Waals surface area contributed by atoms with Crippen LogP contribution in [0, 0.1) is 20.8 Å². The Balaban J connectivity index is 2.27. The zero-order valence-electron chi connectivity index (χ0n) is 10.1. The Morgan fingerprint density at radius 1 is 0.941 bits per heavy atom. The summed E-state index contributed by atoms with van der Waals surface area (Å²) in [5.74, 6) is 0. The number of thiazole rings is 1. The summed E-state index contributed by atoms with van der Waals surface area (Å²) >= 11 is 3.65. The van der Waals surface area contributed by atoms with Gasteiger partial charge in [0.15, 0.2) is 0 Å². The van der Waals surface area contributed by atoms with Crippen LogP contribution in [0.1, 0.15) is 15.3 Å². The minimum absolute atomic E-state index is 1.11. The molecule has 17 heavy (non-hydrogen) atoms. The fourth-order valence-corrected chi connectivity index (χ4v) is 4.34. The van der Waals surface area contributed by atoms with Gasteiger partial charge in [0.05, 0.1) is 10.2 Å². The topological polar surface area (TPSA) is 12.9 Å². The normalized spacial score (nSPS) is 11.2. The third-order valence-electron chi connectivity index (χ3n) is 3.07. The van der Waals surface area contributed by atoms with Crippen LogP contribution < -0.4 is 0 Å². The van der Waals surface area contributed by atoms with E-state index in [4.69, 9.17) is 4.98 Å². The van der Waals surface area contributed by atoms with Gasteiger partial charge in [-0.1, -0.05) is 12.1 Å². The summed E-state index contributed by atoms with van der Waals surface area (Å²) < 4.78 is 1.27. The Hall–Kier alpha value is -1.19. The molecule has 2 aromatic heterocycles. The van der Waals surface area contributed by atoms with Crippen LogP contribution in [0.2, 0.25) is 0 Å². The van der Waals surface area contributed by atoms with Gasteiger partial charge in [0, 0.05) is 15.3 Å². The van der Waals surface area contributed by atoms with Crippen molar-refractivity contribution in [2.24, 2.45) is 0 Å². The van der Waals surface area contributed by atoms with Gasteiger partial charge in [-0.15, -0.1) is 22.7 Å². The molecule has 0 N–H and O–H groups in total. The zero-order valence-corrected chi connectivity index (χ0v) is 11.7. The maximum absolute atomic E-state index is 4.74. The van der Waals surface area contributed by atoms with Crippen LogP contribution in [0.3, 0.4) is 0 Å². The Labute approximate surface area is 109 Å². The number of thiophene rings is 1. The molecule has 0 spiro atoms. The van der Waals surface area contributed by atoms with Crippen molar-refractivity contribution in [3.63, 3.8) is 0 Å². The molecular weight excluding hydrogens is 246 g/mol. The Morgan fingerprint density at radius 2 is 1.71 bits per heavy atom. The third-order valence-corrected chi connectivity index (χ3v) is 5.25. The largest absolute Gasteiger partial charge is 0.236 e. The lowest BCUT2D eigenvalue weighted by atomic mass is 10.1. The average molecular weight is 259 g/mol. The highest BCUT2D eigenvalue weighted by Gasteiger charge is 2.14. The molecular formula is C14H13NS2. The number of aryl methyl sites for hydroxylation is 2. The minimum atomic E-state index is 1.11. The predicted molar refractivity (Wildman–Crippen MR) is 77.1 cm³/mol. The molecule has 3 rings (SSSR count). The van der Waals surface area contributed by atoms with Crippen molar-refractivity contribution in [2.45, 2.75) is 20.8 Å². The molecule has 3 aromatic rings. The van der Waals surface area contributed by atoms with Crippen molar-refractivity contribution in [3.05, 3.63) is 39.6 Å². The molecule has 3 heteroatoms. The van der Waals surface area contributed by atoms with E-state index in [1.54, 1.807) is 11.3 Å². The fraction of sp³-hybridized carbons (Fsp3) is 0.214. The number of nitrogens with zero attached hydrogens (tertiary/aromatic N) is 1. The second-order valence-corrected chi connectivity index (χ2v) is 6.66. The van der Waals surface area contributed by atoms with Crippen LogP contribution in [-0.2, 0) is 0 Å². The first-order valence-corrected chi connectivity index (χ1v) is 7.22. The van der Waals surface area contributed by atoms with Crippen LogP contribution in [-0.4, -0.2) is 4.98 Å². The van der Waals surface area contributed by atoms with E-state index in [0.29, 0.717) is 0 Å². The van der Waals surface area contributed by atoms with Crippen molar-refractivity contribution in [2.75, 3.05) is 0 Å². The predicted octanol–water partition coefficient (Wildman–Crippen LogP) is 4.95. The Morgan fingerprint density at radius 3 is 2.35 bits per heavy atom. The van der Waals surface area contributed by atoms with E-state index in [-0.39, 0.29) is 0 Å². The molecule has 0 saturated heterocycles. The number of aromatic nitrogens is 1. The van der Waals surface area contributed by atoms with E-state index in [1.807, 2.05) is 17.4 Å². The van der Waals surface area contributed by atoms with Crippen molar-refractivity contribution in [1.82, 2.24) is 4.98 Å². The van der Waals surface area contributed by atoms with Crippen molar-refractivity contribution in [3.8, 4) is 10.6 Å². The lowest BCUT2D eigenvalue weighted by molar-refractivity contribution is 1.39. The molecule has 1 nitrogen and oxygen atoms in total. The van der Waals surface area contributed by atoms with E-state index >= 15 is 0 Å². The molecule has 0 amide bonds. The van der Waals surface area contributed by atoms with Gasteiger partial charge in [-0.2, -0.15) is 0 Å². The van der Waals surface area contributed by atoms with Gasteiger partial charge in [0.2, 0.25) is 0 Å². The number of rotatable bonds is 1. The van der Waals surface area contributed by atoms with Crippen molar-refractivity contribution < 1.29 is 0 Å². The van der Waals surface area contributed by atoms with Crippen LogP contribution in [0.5, 0.6) is 0 Å². The van der Waals surface area contributed by atoms with E-state index in [9.17, 15) is 0 Å². The minimum Gasteiger partial charge on any atom is -0.236 e. The second-order valence-electron chi connectivity index (χ2n) is 4.20. The highest BCUT2D eigenvalue weighted by molar-refractivity contribution is 7.22. The van der Waals surface area contributed by atoms with Crippen LogP contribution in [0.25, 0.3) is 20.8 Å². The monoisotopic (exact) mass is 259 g/mol. The number of hydrogen-bond acceptors (Lipinski definition) is 3. The van der Waals surface area contributed by atoms with Gasteiger partial charge >= 0.3 is 0 Å². The van der Waals surface area contributed by atoms with Crippen LogP contribution in [0.4, 0.5) is 0 Å². The SMILES string of the molecule is Cc1sc(C)c(-c2nc3ccccc3s2)c1C. The van der Waals surface area contributed by atoms with Crippen LogP contribution in [0.15, 0.2) is 24.3 Å². The van der Waals surface area contributed by atoms with Gasteiger partial charge in [0.25, 0.3) is 0 Å². The van der Waals surface area contributed by atoms with E-state index in [0.717, 1.165) is 10.5 Å². The van der Waals surface area contributed by atoms with Gasteiger partial charge in [0.1, 0.15) is 5.01 Å². The van der Waals surface area contributed by atoms with Gasteiger partial charge in [-0.3, -0.25) is 0 Å². The maximum atomic E-state index is 4.74. The lowest BCUT2D eigenvalue weighted by Crippen LogP contribution is -1.79. The molecule has 0 bridgehead atoms. The second kappa shape index (κ2) is 3.93. The molecule has 2 heterocycles. The Kier molecular flexibility index (Phi) is 2.53. The highest BCUT2D eigenvalue weighted by Crippen LogP contribution is 2.38. The van der Waals surface area contributed by atoms with Gasteiger partial charge in [-0.25, -0.2) is 4.98 Å². The van der Waals surface area contributed by atoms with Crippen molar-refractivity contribution >= 4 is 32.9 Å². The molecule has 1 aromatic carbocycles. The van der Waals surface area contributed by atoms with E-state index < -0.39 is 0 Å². The summed E-state index contributed by atoms with van der Waals surface area (Å²) in [6.07, 6.45) is 0. The number of hydrogen-bond donors (Lipinski definition) is 0. The molecule has 0 atom stereocenters. The van der Waals surface area contributed by atoms with Gasteiger partial charge in [-0.05, 0) is 38.5 Å². The summed E-state index contributed by atoms with van der Waals surface area (Å²) in [5, 5.41) is 1.16. The Bertz CT molecular complexity index is 658. The lowest BCUT2D eigenvalue weighted by Gasteiger charge is -1.96. The zero-order chi connectivity index (χ0) is 12.0. The molecule has 0 radical (unpaired) electrons. The number of benzene rings is 1. The first-order valence-electron chi connectivity index (χ1n) is 5.59. The quantitative estimate of drug-likeness (QED) is 0.602. The highest BCUT2D eigenvalue weighted by atomic mass is 32.1. The first kappa shape index (κ1) is 10.9. The molecule has 0 aliphatic heterocycles. The summed E-state index contributed by atoms with van der Waals surface area (Å²) in [6, 6.07) is 8.34. The standard InChI is InChI=1S/C14H13NS2/c1-8-9(2)16-10(3)13(8)14-15-11-6-4-5-7-12(11)17-14/h4-7H,1-3H3. The fourth-order valence-electron chi connectivity index (χ4n) is 2.09. The van der Waals surface area contributed by atoms with E-state index in [1.165, 1.54) is 25.6 Å². The number of fused-ring (bicyclic) bond motifs is 1. The molecule has 86 valence electrons. The maximum Gasteiger partial charge on any atom is 0.125 e. The van der Waals surface area contributed by atoms with E-state index in [2.05, 4.69) is 39.0 Å². The molecule has 0 saturated carbocycles. The summed E-state index contributed by atoms with van der Waals surface area (Å²) in [5.41, 5.74) is 3.83. The molecule has 0 aliphatic rings. The molecule has 0 aliphatic carbocycles.